The number of rotatable bonds is 4. The van der Waals surface area contributed by atoms with Crippen LogP contribution in [0.1, 0.15) is 67.7 Å². The van der Waals surface area contributed by atoms with Gasteiger partial charge >= 0.3 is 11.9 Å². The van der Waals surface area contributed by atoms with Crippen LogP contribution in [0.15, 0.2) is 11.6 Å². The van der Waals surface area contributed by atoms with Crippen molar-refractivity contribution in [2.45, 2.75) is 103 Å². The molecule has 0 aromatic rings. The van der Waals surface area contributed by atoms with Gasteiger partial charge in [-0.2, -0.15) is 0 Å². The number of hydrogen-bond donors (Lipinski definition) is 0. The number of esters is 2. The van der Waals surface area contributed by atoms with Crippen LogP contribution in [-0.2, 0) is 28.5 Å². The second-order valence-electron chi connectivity index (χ2n) is 9.34. The lowest BCUT2D eigenvalue weighted by Gasteiger charge is -2.31. The Morgan fingerprint density at radius 2 is 1.71 bits per heavy atom. The maximum Gasteiger partial charge on any atom is 0.333 e. The van der Waals surface area contributed by atoms with E-state index in [1.165, 1.54) is 6.92 Å². The van der Waals surface area contributed by atoms with Gasteiger partial charge in [0, 0.05) is 24.8 Å². The summed E-state index contributed by atoms with van der Waals surface area (Å²) in [5.41, 5.74) is -0.233. The molecule has 2 unspecified atom stereocenters. The average molecular weight is 395 g/mol. The smallest absolute Gasteiger partial charge is 0.333 e. The Kier molecular flexibility index (Phi) is 5.67. The van der Waals surface area contributed by atoms with E-state index in [0.29, 0.717) is 17.9 Å². The summed E-state index contributed by atoms with van der Waals surface area (Å²) < 4.78 is 23.7. The lowest BCUT2D eigenvalue weighted by Crippen LogP contribution is -2.41. The van der Waals surface area contributed by atoms with Gasteiger partial charge in [0.15, 0.2) is 0 Å². The highest BCUT2D eigenvalue weighted by molar-refractivity contribution is 5.87. The first-order chi connectivity index (χ1) is 13.0. The van der Waals surface area contributed by atoms with Crippen molar-refractivity contribution < 1.29 is 28.5 Å². The van der Waals surface area contributed by atoms with Gasteiger partial charge in [-0.05, 0) is 46.5 Å². The number of allylic oxidation sites excluding steroid dienone is 1. The highest BCUT2D eigenvalue weighted by Crippen LogP contribution is 2.54. The van der Waals surface area contributed by atoms with Crippen molar-refractivity contribution in [1.29, 1.82) is 0 Å². The van der Waals surface area contributed by atoms with Gasteiger partial charge < -0.3 is 18.9 Å². The minimum absolute atomic E-state index is 0.124. The Morgan fingerprint density at radius 1 is 1.07 bits per heavy atom. The van der Waals surface area contributed by atoms with Crippen LogP contribution in [0.4, 0.5) is 0 Å². The SMILES string of the molecule is C/C=C(/C)C(=O)OC1C[C@]2(C)O[C@@H]2[C@H](OC(C)=O)C(C(C)C)CC[C@@]2(C)O[C@@H]12. The van der Waals surface area contributed by atoms with E-state index in [9.17, 15) is 9.59 Å². The molecule has 3 aliphatic rings. The van der Waals surface area contributed by atoms with E-state index in [0.717, 1.165) is 12.8 Å². The summed E-state index contributed by atoms with van der Waals surface area (Å²) in [5, 5.41) is 0. The molecule has 0 radical (unpaired) electrons. The lowest BCUT2D eigenvalue weighted by atomic mass is 9.77. The molecule has 0 amide bonds. The molecule has 1 saturated carbocycles. The van der Waals surface area contributed by atoms with Crippen molar-refractivity contribution in [3.63, 3.8) is 0 Å². The van der Waals surface area contributed by atoms with Gasteiger partial charge in [-0.15, -0.1) is 0 Å². The Balaban J connectivity index is 1.85. The van der Waals surface area contributed by atoms with Gasteiger partial charge in [0.2, 0.25) is 0 Å². The summed E-state index contributed by atoms with van der Waals surface area (Å²) in [6.45, 7) is 13.4. The standard InChI is InChI=1S/C22H34O6/c1-8-13(4)20(24)26-16-11-22(7)19(28-22)17(25-14(5)23)15(12(2)3)9-10-21(6)18(16)27-21/h8,12,15-19H,9-11H2,1-7H3/b13-8-/t15?,16?,17-,18+,19-,21-,22+/m1/s1. The van der Waals surface area contributed by atoms with Crippen LogP contribution in [0.25, 0.3) is 0 Å². The van der Waals surface area contributed by atoms with Crippen molar-refractivity contribution >= 4 is 11.9 Å². The number of carbonyl (C=O) groups excluding carboxylic acids is 2. The molecule has 3 rings (SSSR count). The highest BCUT2D eigenvalue weighted by Gasteiger charge is 2.66. The van der Waals surface area contributed by atoms with E-state index in [1.54, 1.807) is 13.0 Å². The molecule has 3 fully saturated rings. The predicted molar refractivity (Wildman–Crippen MR) is 104 cm³/mol. The van der Waals surface area contributed by atoms with E-state index in [1.807, 2.05) is 13.8 Å². The minimum atomic E-state index is -0.494. The molecule has 0 aromatic heterocycles. The van der Waals surface area contributed by atoms with Crippen LogP contribution in [0, 0.1) is 11.8 Å². The lowest BCUT2D eigenvalue weighted by molar-refractivity contribution is -0.151. The summed E-state index contributed by atoms with van der Waals surface area (Å²) in [4.78, 5) is 24.2. The summed E-state index contributed by atoms with van der Waals surface area (Å²) in [6, 6.07) is 0. The largest absolute Gasteiger partial charge is 0.459 e. The molecule has 7 atom stereocenters. The Morgan fingerprint density at radius 3 is 2.29 bits per heavy atom. The maximum absolute atomic E-state index is 12.4. The molecule has 6 heteroatoms. The van der Waals surface area contributed by atoms with E-state index in [-0.39, 0.29) is 47.9 Å². The number of fused-ring (bicyclic) bond motifs is 2. The van der Waals surface area contributed by atoms with Gasteiger partial charge in [0.25, 0.3) is 0 Å². The summed E-state index contributed by atoms with van der Waals surface area (Å²) in [6.07, 6.45) is 2.99. The van der Waals surface area contributed by atoms with Crippen LogP contribution in [0.2, 0.25) is 0 Å². The van der Waals surface area contributed by atoms with Crippen molar-refractivity contribution in [2.24, 2.45) is 11.8 Å². The van der Waals surface area contributed by atoms with Gasteiger partial charge in [-0.3, -0.25) is 4.79 Å². The van der Waals surface area contributed by atoms with Gasteiger partial charge in [-0.25, -0.2) is 4.79 Å². The molecule has 0 bridgehead atoms. The first-order valence-electron chi connectivity index (χ1n) is 10.4. The number of epoxide rings is 2. The third-order valence-electron chi connectivity index (χ3n) is 6.69. The van der Waals surface area contributed by atoms with Crippen molar-refractivity contribution in [3.8, 4) is 0 Å². The predicted octanol–water partition coefficient (Wildman–Crippen LogP) is 3.57. The third-order valence-corrected chi connectivity index (χ3v) is 6.69. The van der Waals surface area contributed by atoms with Crippen molar-refractivity contribution in [1.82, 2.24) is 0 Å². The Hall–Kier alpha value is -1.40. The van der Waals surface area contributed by atoms with E-state index < -0.39 is 5.60 Å². The molecule has 28 heavy (non-hydrogen) atoms. The normalized spacial score (nSPS) is 42.9. The second kappa shape index (κ2) is 7.45. The molecule has 0 spiro atoms. The van der Waals surface area contributed by atoms with Gasteiger partial charge in [-0.1, -0.05) is 19.9 Å². The van der Waals surface area contributed by atoms with Gasteiger partial charge in [0.1, 0.15) is 24.4 Å². The molecular formula is C22H34O6. The Bertz CT molecular complexity index is 670. The summed E-state index contributed by atoms with van der Waals surface area (Å²) in [7, 11) is 0. The zero-order valence-corrected chi connectivity index (χ0v) is 18.1. The fraction of sp³-hybridized carbons (Fsp3) is 0.818. The number of hydrogen-bond acceptors (Lipinski definition) is 6. The first-order valence-corrected chi connectivity index (χ1v) is 10.4. The average Bonchev–Trinajstić information content (AvgIpc) is 3.46. The number of carbonyl (C=O) groups is 2. The molecular weight excluding hydrogens is 360 g/mol. The quantitative estimate of drug-likeness (QED) is 0.412. The van der Waals surface area contributed by atoms with Crippen LogP contribution in [0.5, 0.6) is 0 Å². The molecule has 1 aliphatic carbocycles. The fourth-order valence-corrected chi connectivity index (χ4v) is 4.61. The maximum atomic E-state index is 12.4. The molecule has 6 nitrogen and oxygen atoms in total. The summed E-state index contributed by atoms with van der Waals surface area (Å²) in [5.74, 6) is -0.0606. The molecule has 0 aromatic carbocycles. The van der Waals surface area contributed by atoms with E-state index >= 15 is 0 Å². The minimum Gasteiger partial charge on any atom is -0.459 e. The number of ether oxygens (including phenoxy) is 4. The fourth-order valence-electron chi connectivity index (χ4n) is 4.61. The van der Waals surface area contributed by atoms with Crippen LogP contribution >= 0.6 is 0 Å². The van der Waals surface area contributed by atoms with Crippen LogP contribution in [0.3, 0.4) is 0 Å². The topological polar surface area (TPSA) is 77.7 Å². The van der Waals surface area contributed by atoms with Gasteiger partial charge in [0.05, 0.1) is 11.2 Å². The van der Waals surface area contributed by atoms with Crippen molar-refractivity contribution in [3.05, 3.63) is 11.6 Å². The monoisotopic (exact) mass is 394 g/mol. The van der Waals surface area contributed by atoms with Crippen molar-refractivity contribution in [2.75, 3.05) is 0 Å². The zero-order chi connectivity index (χ0) is 20.9. The molecule has 0 N–H and O–H groups in total. The highest BCUT2D eigenvalue weighted by atomic mass is 16.7. The molecule has 2 aliphatic heterocycles. The molecule has 2 heterocycles. The molecule has 158 valence electrons. The second-order valence-corrected chi connectivity index (χ2v) is 9.34. The summed E-state index contributed by atoms with van der Waals surface area (Å²) >= 11 is 0. The Labute approximate surface area is 167 Å². The zero-order valence-electron chi connectivity index (χ0n) is 18.1. The molecule has 2 saturated heterocycles. The van der Waals surface area contributed by atoms with Crippen LogP contribution in [-0.4, -0.2) is 47.6 Å². The first kappa shape index (κ1) is 21.3. The third kappa shape index (κ3) is 4.13. The van der Waals surface area contributed by atoms with Crippen LogP contribution < -0.4 is 0 Å². The van der Waals surface area contributed by atoms with E-state index in [2.05, 4.69) is 20.8 Å². The van der Waals surface area contributed by atoms with E-state index in [4.69, 9.17) is 18.9 Å².